The Balaban J connectivity index is 0.547. The molecule has 12 rings (SSSR count). The molecule has 6 saturated heterocycles. The standard InChI is InChI=1S/C62H82N12O7S/c1-38(2)57(61(78)73-35-47(75)29-53(73)60(77)65-39(3)42-9-11-43(12-10-42)58-40(4)64-37-82-58)55-31-56(68-81-55)71-23-15-41(16-24-71)32-69-21-17-48(18-22-69)80-49-27-46(28-49)70-25-19-62(79,20-26-70)36-74-44-13-14-45(74)34-72(33-44)52-30-51(66-67-59(52)63)50-7-5-6-8-54(50)76/h5-12,30-31,37-38,41,44-49,53,57,75-76,79H,3,13-29,32-36H2,1-2,4H3,(H2,63,67)(H,65,77)/t44?,45?,46?,47-,49?,53+,57-/m1/s1. The van der Waals surface area contributed by atoms with Crippen LogP contribution < -0.4 is 20.9 Å². The van der Waals surface area contributed by atoms with Crippen LogP contribution in [-0.2, 0) is 14.3 Å². The summed E-state index contributed by atoms with van der Waals surface area (Å²) in [7, 11) is 0. The van der Waals surface area contributed by atoms with Gasteiger partial charge in [0.15, 0.2) is 17.4 Å². The van der Waals surface area contributed by atoms with E-state index in [0.717, 1.165) is 156 Å². The SMILES string of the molecule is C=C(NC(=O)[C@@H]1C[C@@H](O)CN1C(=O)[C@@H](c1cc(N2CCC(CN3CCC(OC4CC(N5CCC(O)(CN6C7CCC6CN(c6cc(-c8ccccc8O)nnc6N)C7)CC5)C4)CC3)CC2)no1)C(C)C)c1ccc(-c2scnc2C)cc1. The number of aromatic nitrogens is 4. The number of nitrogens with one attached hydrogen (secondary N) is 1. The van der Waals surface area contributed by atoms with E-state index in [-0.39, 0.29) is 36.4 Å². The van der Waals surface area contributed by atoms with Gasteiger partial charge in [0.25, 0.3) is 0 Å². The third-order valence-electron chi connectivity index (χ3n) is 19.3. The summed E-state index contributed by atoms with van der Waals surface area (Å²) in [5.74, 6) is 0.909. The summed E-state index contributed by atoms with van der Waals surface area (Å²) in [6, 6.07) is 19.2. The van der Waals surface area contributed by atoms with Gasteiger partial charge in [-0.1, -0.05) is 62.0 Å². The summed E-state index contributed by atoms with van der Waals surface area (Å²) in [6.45, 7) is 19.2. The Morgan fingerprint density at radius 1 is 0.878 bits per heavy atom. The predicted octanol–water partition coefficient (Wildman–Crippen LogP) is 6.75. The van der Waals surface area contributed by atoms with Gasteiger partial charge in [-0.3, -0.25) is 19.4 Å². The summed E-state index contributed by atoms with van der Waals surface area (Å²) in [4.78, 5) is 47.5. The first-order valence-electron chi connectivity index (χ1n) is 30.1. The van der Waals surface area contributed by atoms with E-state index >= 15 is 0 Å². The number of carbonyl (C=O) groups is 2. The van der Waals surface area contributed by atoms with Gasteiger partial charge in [-0.15, -0.1) is 21.5 Å². The number of piperidine rings is 3. The minimum absolute atomic E-state index is 0.0583. The molecule has 82 heavy (non-hydrogen) atoms. The van der Waals surface area contributed by atoms with Gasteiger partial charge in [-0.2, -0.15) is 0 Å². The molecule has 20 heteroatoms. The number of rotatable bonds is 17. The van der Waals surface area contributed by atoms with Crippen LogP contribution in [0.15, 0.2) is 77.3 Å². The van der Waals surface area contributed by atoms with E-state index in [1.54, 1.807) is 23.5 Å². The molecule has 7 aliphatic rings. The van der Waals surface area contributed by atoms with Gasteiger partial charge in [0, 0.05) is 114 Å². The number of hydrogen-bond donors (Lipinski definition) is 5. The van der Waals surface area contributed by atoms with Crippen LogP contribution in [0.25, 0.3) is 27.4 Å². The van der Waals surface area contributed by atoms with E-state index in [1.807, 2.05) is 74.8 Å². The molecule has 2 unspecified atom stereocenters. The van der Waals surface area contributed by atoms with E-state index < -0.39 is 23.7 Å². The Morgan fingerprint density at radius 2 is 1.60 bits per heavy atom. The van der Waals surface area contributed by atoms with Crippen molar-refractivity contribution in [2.45, 2.75) is 145 Å². The lowest BCUT2D eigenvalue weighted by Gasteiger charge is -2.50. The highest BCUT2D eigenvalue weighted by atomic mass is 32.1. The average Bonchev–Trinajstić information content (AvgIpc) is 4.34. The molecule has 1 saturated carbocycles. The molecule has 0 radical (unpaired) electrons. The lowest BCUT2D eigenvalue weighted by molar-refractivity contribution is -0.140. The van der Waals surface area contributed by atoms with Crippen LogP contribution in [0.1, 0.15) is 107 Å². The number of fused-ring (bicyclic) bond motifs is 2. The Kier molecular flexibility index (Phi) is 16.5. The number of benzene rings is 2. The number of likely N-dealkylation sites (tertiary alicyclic amines) is 3. The summed E-state index contributed by atoms with van der Waals surface area (Å²) in [5, 5.41) is 49.2. The first-order valence-corrected chi connectivity index (χ1v) is 31.0. The Hall–Kier alpha value is -6.00. The second kappa shape index (κ2) is 23.9. The third-order valence-corrected chi connectivity index (χ3v) is 20.2. The number of phenolic OH excluding ortho intramolecular Hbond substituents is 1. The minimum atomic E-state index is -0.858. The maximum absolute atomic E-state index is 14.4. The number of ether oxygens (including phenoxy) is 1. The van der Waals surface area contributed by atoms with Gasteiger partial charge in [-0.25, -0.2) is 4.98 Å². The summed E-state index contributed by atoms with van der Waals surface area (Å²) < 4.78 is 12.7. The number of piperazine rings is 1. The van der Waals surface area contributed by atoms with Gasteiger partial charge in [0.2, 0.25) is 11.8 Å². The van der Waals surface area contributed by atoms with Crippen LogP contribution in [0.4, 0.5) is 17.3 Å². The van der Waals surface area contributed by atoms with Crippen LogP contribution >= 0.6 is 11.3 Å². The minimum Gasteiger partial charge on any atom is -0.507 e. The second-order valence-corrected chi connectivity index (χ2v) is 25.9. The zero-order chi connectivity index (χ0) is 56.8. The van der Waals surface area contributed by atoms with Crippen LogP contribution in [0.3, 0.4) is 0 Å². The largest absolute Gasteiger partial charge is 0.507 e. The average molecular weight is 1140 g/mol. The summed E-state index contributed by atoms with van der Waals surface area (Å²) in [5.41, 5.74) is 12.8. The van der Waals surface area contributed by atoms with E-state index in [2.05, 4.69) is 56.7 Å². The lowest BCUT2D eigenvalue weighted by Crippen LogP contribution is -2.61. The maximum atomic E-state index is 14.4. The van der Waals surface area contributed by atoms with Crippen LogP contribution in [-0.4, -0.2) is 187 Å². The number of nitrogen functional groups attached to an aromatic ring is 1. The normalized spacial score (nSPS) is 26.1. The predicted molar refractivity (Wildman–Crippen MR) is 317 cm³/mol. The molecular formula is C62H82N12O7S. The number of aliphatic hydroxyl groups is 2. The van der Waals surface area contributed by atoms with E-state index in [0.29, 0.717) is 71.3 Å². The van der Waals surface area contributed by atoms with Crippen molar-refractivity contribution in [2.24, 2.45) is 11.8 Å². The number of hydrogen-bond acceptors (Lipinski definition) is 18. The molecule has 0 spiro atoms. The highest BCUT2D eigenvalue weighted by Gasteiger charge is 2.48. The Morgan fingerprint density at radius 3 is 2.28 bits per heavy atom. The van der Waals surface area contributed by atoms with Crippen molar-refractivity contribution < 1.29 is 34.2 Å². The maximum Gasteiger partial charge on any atom is 0.247 e. The molecule has 19 nitrogen and oxygen atoms in total. The van der Waals surface area contributed by atoms with Crippen LogP contribution in [0, 0.1) is 18.8 Å². The smallest absolute Gasteiger partial charge is 0.247 e. The van der Waals surface area contributed by atoms with Gasteiger partial charge < -0.3 is 55.2 Å². The highest BCUT2D eigenvalue weighted by molar-refractivity contribution is 7.13. The third kappa shape index (κ3) is 12.0. The molecule has 7 fully saturated rings. The first-order chi connectivity index (χ1) is 39.6. The number of aliphatic hydroxyl groups excluding tert-OH is 1. The monoisotopic (exact) mass is 1140 g/mol. The second-order valence-electron chi connectivity index (χ2n) is 25.1. The summed E-state index contributed by atoms with van der Waals surface area (Å²) >= 11 is 1.58. The highest BCUT2D eigenvalue weighted by Crippen LogP contribution is 2.41. The number of aromatic hydroxyl groups is 1. The molecule has 5 aromatic rings. The number of β-amino-alcohol motifs (C(OH)–C–C–N with tert-alkyl or cyclic N) is 1. The van der Waals surface area contributed by atoms with Crippen molar-refractivity contribution in [2.75, 3.05) is 87.5 Å². The quantitative estimate of drug-likeness (QED) is 0.0649. The molecule has 5 atom stereocenters. The van der Waals surface area contributed by atoms with Crippen molar-refractivity contribution in [1.82, 2.24) is 45.3 Å². The topological polar surface area (TPSA) is 226 Å². The lowest BCUT2D eigenvalue weighted by atomic mass is 9.83. The fraction of sp³-hybridized carbons (Fsp3) is 0.581. The van der Waals surface area contributed by atoms with Gasteiger partial charge in [0.05, 0.1) is 51.4 Å². The number of amides is 2. The number of carbonyl (C=O) groups excluding carboxylic acids is 2. The number of thiazole rings is 1. The van der Waals surface area contributed by atoms with E-state index in [1.165, 1.54) is 4.90 Å². The molecule has 2 bridgehead atoms. The van der Waals surface area contributed by atoms with Crippen LogP contribution in [0.2, 0.25) is 0 Å². The Labute approximate surface area is 485 Å². The van der Waals surface area contributed by atoms with Crippen LogP contribution in [0.5, 0.6) is 5.75 Å². The number of nitrogens with two attached hydrogens (primary N) is 1. The molecule has 6 aliphatic heterocycles. The zero-order valence-electron chi connectivity index (χ0n) is 47.8. The number of para-hydroxylation sites is 1. The van der Waals surface area contributed by atoms with E-state index in [9.17, 15) is 24.9 Å². The van der Waals surface area contributed by atoms with E-state index in [4.69, 9.17) is 15.0 Å². The summed E-state index contributed by atoms with van der Waals surface area (Å²) in [6.07, 6.45) is 10.1. The molecule has 3 aromatic heterocycles. The Bertz CT molecular complexity index is 3040. The molecule has 9 heterocycles. The zero-order valence-corrected chi connectivity index (χ0v) is 48.6. The fourth-order valence-electron chi connectivity index (χ4n) is 14.4. The van der Waals surface area contributed by atoms with Gasteiger partial charge in [-0.05, 0) is 112 Å². The number of anilines is 3. The molecule has 438 valence electrons. The molecule has 6 N–H and O–H groups in total. The molecular weight excluding hydrogens is 1060 g/mol. The van der Waals surface area contributed by atoms with Crippen molar-refractivity contribution in [3.63, 3.8) is 0 Å². The molecule has 2 amide bonds. The fourth-order valence-corrected chi connectivity index (χ4v) is 15.2. The number of phenols is 1. The van der Waals surface area contributed by atoms with Crippen molar-refractivity contribution in [3.05, 3.63) is 89.8 Å². The van der Waals surface area contributed by atoms with Gasteiger partial charge in [0.1, 0.15) is 17.7 Å². The molecule has 2 aromatic carbocycles. The first kappa shape index (κ1) is 56.5. The van der Waals surface area contributed by atoms with Crippen molar-refractivity contribution >= 4 is 46.2 Å². The molecule has 1 aliphatic carbocycles. The van der Waals surface area contributed by atoms with Crippen molar-refractivity contribution in [3.8, 4) is 27.4 Å². The van der Waals surface area contributed by atoms with Crippen molar-refractivity contribution in [1.29, 1.82) is 0 Å². The number of aryl methyl sites for hydroxylation is 1. The number of nitrogens with zero attached hydrogens (tertiary/aromatic N) is 10. The van der Waals surface area contributed by atoms with Gasteiger partial charge >= 0.3 is 0 Å².